The number of piperidine rings is 1. The summed E-state index contributed by atoms with van der Waals surface area (Å²) in [4.78, 5) is 14.1. The second kappa shape index (κ2) is 8.31. The van der Waals surface area contributed by atoms with E-state index in [1.165, 1.54) is 35.1 Å². The van der Waals surface area contributed by atoms with Gasteiger partial charge in [0.15, 0.2) is 4.34 Å². The lowest BCUT2D eigenvalue weighted by Crippen LogP contribution is -2.36. The number of benzene rings is 1. The lowest BCUT2D eigenvalue weighted by atomic mass is 10.1. The second-order valence-electron chi connectivity index (χ2n) is 5.44. The fourth-order valence-corrected chi connectivity index (χ4v) is 4.12. The summed E-state index contributed by atoms with van der Waals surface area (Å²) < 4.78 is 0.839. The van der Waals surface area contributed by atoms with Crippen molar-refractivity contribution in [1.29, 1.82) is 0 Å². The molecule has 3 rings (SSSR count). The molecular weight excluding hydrogens is 328 g/mol. The van der Waals surface area contributed by atoms with E-state index in [4.69, 9.17) is 0 Å². The zero-order chi connectivity index (χ0) is 15.9. The van der Waals surface area contributed by atoms with Gasteiger partial charge in [0.05, 0.1) is 5.75 Å². The molecule has 1 aliphatic rings. The largest absolute Gasteiger partial charge is 0.356 e. The summed E-state index contributed by atoms with van der Waals surface area (Å²) in [6, 6.07) is 10.2. The van der Waals surface area contributed by atoms with E-state index in [1.807, 2.05) is 23.1 Å². The third-order valence-corrected chi connectivity index (χ3v) is 5.72. The van der Waals surface area contributed by atoms with E-state index >= 15 is 0 Å². The number of anilines is 1. The van der Waals surface area contributed by atoms with Gasteiger partial charge in [0.1, 0.15) is 0 Å². The summed E-state index contributed by atoms with van der Waals surface area (Å²) in [5.74, 6) is 0.663. The number of carbonyl (C=O) groups excluding carboxylic acids is 1. The molecule has 1 fully saturated rings. The Morgan fingerprint density at radius 1 is 1.17 bits per heavy atom. The molecule has 0 bridgehead atoms. The SMILES string of the molecule is O=C(CSc1nnc(NCc2ccccc2)s1)N1CCCCC1. The van der Waals surface area contributed by atoms with Crippen LogP contribution in [0.4, 0.5) is 5.13 Å². The fraction of sp³-hybridized carbons (Fsp3) is 0.438. The van der Waals surface area contributed by atoms with Gasteiger partial charge in [-0.15, -0.1) is 10.2 Å². The van der Waals surface area contributed by atoms with Crippen molar-refractivity contribution in [2.24, 2.45) is 0 Å². The molecule has 2 aromatic rings. The molecule has 1 aromatic heterocycles. The van der Waals surface area contributed by atoms with Crippen molar-refractivity contribution in [2.45, 2.75) is 30.1 Å². The van der Waals surface area contributed by atoms with Crippen molar-refractivity contribution < 1.29 is 4.79 Å². The maximum absolute atomic E-state index is 12.1. The Labute approximate surface area is 144 Å². The maximum atomic E-state index is 12.1. The van der Waals surface area contributed by atoms with Gasteiger partial charge in [0.25, 0.3) is 0 Å². The number of nitrogens with zero attached hydrogens (tertiary/aromatic N) is 3. The van der Waals surface area contributed by atoms with Crippen LogP contribution >= 0.6 is 23.1 Å². The number of likely N-dealkylation sites (tertiary alicyclic amines) is 1. The first-order valence-corrected chi connectivity index (χ1v) is 9.63. The van der Waals surface area contributed by atoms with Crippen LogP contribution in [-0.2, 0) is 11.3 Å². The van der Waals surface area contributed by atoms with Gasteiger partial charge in [-0.3, -0.25) is 4.79 Å². The van der Waals surface area contributed by atoms with E-state index in [0.717, 1.165) is 41.9 Å². The van der Waals surface area contributed by atoms with Crippen LogP contribution in [0.1, 0.15) is 24.8 Å². The van der Waals surface area contributed by atoms with E-state index < -0.39 is 0 Å². The Balaban J connectivity index is 1.44. The lowest BCUT2D eigenvalue weighted by molar-refractivity contribution is -0.129. The summed E-state index contributed by atoms with van der Waals surface area (Å²) in [6.45, 7) is 2.53. The van der Waals surface area contributed by atoms with Crippen molar-refractivity contribution in [1.82, 2.24) is 15.1 Å². The molecule has 0 spiro atoms. The predicted molar refractivity (Wildman–Crippen MR) is 94.8 cm³/mol. The van der Waals surface area contributed by atoms with Crippen LogP contribution in [-0.4, -0.2) is 39.8 Å². The molecule has 1 N–H and O–H groups in total. The number of rotatable bonds is 6. The van der Waals surface area contributed by atoms with Crippen LogP contribution in [0.5, 0.6) is 0 Å². The number of thioether (sulfide) groups is 1. The van der Waals surface area contributed by atoms with Crippen LogP contribution < -0.4 is 5.32 Å². The highest BCUT2D eigenvalue weighted by Gasteiger charge is 2.17. The molecule has 0 aliphatic carbocycles. The molecule has 0 radical (unpaired) electrons. The van der Waals surface area contributed by atoms with Crippen LogP contribution in [0, 0.1) is 0 Å². The summed E-state index contributed by atoms with van der Waals surface area (Å²) in [5, 5.41) is 12.3. The molecule has 0 saturated carbocycles. The van der Waals surface area contributed by atoms with Crippen LogP contribution in [0.25, 0.3) is 0 Å². The minimum Gasteiger partial charge on any atom is -0.356 e. The van der Waals surface area contributed by atoms with E-state index in [9.17, 15) is 4.79 Å². The number of aromatic nitrogens is 2. The average Bonchev–Trinajstić information content (AvgIpc) is 3.07. The summed E-state index contributed by atoms with van der Waals surface area (Å²) in [5.41, 5.74) is 1.21. The highest BCUT2D eigenvalue weighted by atomic mass is 32.2. The minimum atomic E-state index is 0.212. The summed E-state index contributed by atoms with van der Waals surface area (Å²) in [7, 11) is 0. The van der Waals surface area contributed by atoms with Gasteiger partial charge in [0, 0.05) is 19.6 Å². The second-order valence-corrected chi connectivity index (χ2v) is 7.64. The molecule has 122 valence electrons. The van der Waals surface area contributed by atoms with E-state index in [-0.39, 0.29) is 5.91 Å². The molecule has 0 unspecified atom stereocenters. The van der Waals surface area contributed by atoms with E-state index in [1.54, 1.807) is 0 Å². The topological polar surface area (TPSA) is 58.1 Å². The van der Waals surface area contributed by atoms with Crippen LogP contribution in [0.15, 0.2) is 34.7 Å². The molecular formula is C16H20N4OS2. The number of amides is 1. The maximum Gasteiger partial charge on any atom is 0.233 e. The third-order valence-electron chi connectivity index (χ3n) is 3.72. The Hall–Kier alpha value is -1.60. The molecule has 1 saturated heterocycles. The molecule has 1 aromatic carbocycles. The van der Waals surface area contributed by atoms with Crippen molar-refractivity contribution in [3.63, 3.8) is 0 Å². The first-order valence-electron chi connectivity index (χ1n) is 7.83. The number of hydrogen-bond donors (Lipinski definition) is 1. The number of nitrogens with one attached hydrogen (secondary N) is 1. The fourth-order valence-electron chi connectivity index (χ4n) is 2.47. The highest BCUT2D eigenvalue weighted by molar-refractivity contribution is 8.01. The Kier molecular flexibility index (Phi) is 5.87. The smallest absolute Gasteiger partial charge is 0.233 e. The lowest BCUT2D eigenvalue weighted by Gasteiger charge is -2.26. The van der Waals surface area contributed by atoms with Gasteiger partial charge in [-0.05, 0) is 24.8 Å². The zero-order valence-electron chi connectivity index (χ0n) is 12.9. The summed E-state index contributed by atoms with van der Waals surface area (Å²) in [6.07, 6.45) is 3.50. The number of hydrogen-bond acceptors (Lipinski definition) is 6. The third kappa shape index (κ3) is 4.94. The normalized spacial score (nSPS) is 14.7. The van der Waals surface area contributed by atoms with Crippen molar-refractivity contribution in [3.8, 4) is 0 Å². The van der Waals surface area contributed by atoms with E-state index in [2.05, 4.69) is 27.6 Å². The van der Waals surface area contributed by atoms with Gasteiger partial charge in [-0.1, -0.05) is 53.4 Å². The quantitative estimate of drug-likeness (QED) is 0.812. The van der Waals surface area contributed by atoms with Gasteiger partial charge >= 0.3 is 0 Å². The number of carbonyl (C=O) groups is 1. The summed E-state index contributed by atoms with van der Waals surface area (Å²) >= 11 is 2.98. The van der Waals surface area contributed by atoms with Crippen LogP contribution in [0.2, 0.25) is 0 Å². The van der Waals surface area contributed by atoms with Gasteiger partial charge < -0.3 is 10.2 Å². The van der Waals surface area contributed by atoms with Gasteiger partial charge in [-0.2, -0.15) is 0 Å². The molecule has 5 nitrogen and oxygen atoms in total. The molecule has 7 heteroatoms. The molecule has 1 aliphatic heterocycles. The van der Waals surface area contributed by atoms with Gasteiger partial charge in [0.2, 0.25) is 11.0 Å². The van der Waals surface area contributed by atoms with E-state index in [0.29, 0.717) is 5.75 Å². The zero-order valence-corrected chi connectivity index (χ0v) is 14.5. The van der Waals surface area contributed by atoms with Gasteiger partial charge in [-0.25, -0.2) is 0 Å². The Morgan fingerprint density at radius 2 is 1.96 bits per heavy atom. The molecule has 1 amide bonds. The molecule has 0 atom stereocenters. The average molecular weight is 348 g/mol. The first kappa shape index (κ1) is 16.3. The monoisotopic (exact) mass is 348 g/mol. The Bertz CT molecular complexity index is 626. The standard InChI is InChI=1S/C16H20N4OS2/c21-14(20-9-5-2-6-10-20)12-22-16-19-18-15(23-16)17-11-13-7-3-1-4-8-13/h1,3-4,7-8H,2,5-6,9-12H2,(H,17,18). The van der Waals surface area contributed by atoms with Crippen molar-refractivity contribution in [2.75, 3.05) is 24.2 Å². The predicted octanol–water partition coefficient (Wildman–Crippen LogP) is 3.25. The van der Waals surface area contributed by atoms with Crippen LogP contribution in [0.3, 0.4) is 0 Å². The Morgan fingerprint density at radius 3 is 2.74 bits per heavy atom. The molecule has 23 heavy (non-hydrogen) atoms. The minimum absolute atomic E-state index is 0.212. The highest BCUT2D eigenvalue weighted by Crippen LogP contribution is 2.26. The van der Waals surface area contributed by atoms with Crippen molar-refractivity contribution >= 4 is 34.1 Å². The molecule has 2 heterocycles. The van der Waals surface area contributed by atoms with Crippen molar-refractivity contribution in [3.05, 3.63) is 35.9 Å². The first-order chi connectivity index (χ1) is 11.3.